The van der Waals surface area contributed by atoms with Crippen LogP contribution in [0.2, 0.25) is 0 Å². The van der Waals surface area contributed by atoms with Gasteiger partial charge >= 0.3 is 0 Å². The lowest BCUT2D eigenvalue weighted by Gasteiger charge is -2.14. The fraction of sp³-hybridized carbons (Fsp3) is 0. The molecule has 10 rings (SSSR count). The second-order valence-corrected chi connectivity index (χ2v) is 12.8. The van der Waals surface area contributed by atoms with E-state index in [-0.39, 0.29) is 47.0 Å². The molecule has 0 aliphatic rings. The van der Waals surface area contributed by atoms with Gasteiger partial charge in [-0.1, -0.05) is 152 Å². The molecule has 8 aromatic carbocycles. The first-order chi connectivity index (χ1) is 28.7. The Morgan fingerprint density at radius 1 is 0.358 bits per heavy atom. The second-order valence-electron chi connectivity index (χ2n) is 12.8. The number of hydrogen-bond acceptors (Lipinski definition) is 3. The zero-order valence-corrected chi connectivity index (χ0v) is 28.3. The number of fused-ring (bicyclic) bond motifs is 4. The van der Waals surface area contributed by atoms with Crippen LogP contribution in [0.5, 0.6) is 0 Å². The molecule has 0 amide bonds. The molecule has 0 atom stereocenters. The van der Waals surface area contributed by atoms with Crippen LogP contribution in [-0.4, -0.2) is 19.5 Å². The minimum atomic E-state index is -0.151. The molecule has 0 aliphatic carbocycles. The highest BCUT2D eigenvalue weighted by Crippen LogP contribution is 2.37. The van der Waals surface area contributed by atoms with Crippen molar-refractivity contribution in [3.05, 3.63) is 194 Å². The molecule has 2 heterocycles. The maximum atomic E-state index is 9.05. The molecule has 0 aliphatic heterocycles. The van der Waals surface area contributed by atoms with Crippen LogP contribution >= 0.6 is 0 Å². The van der Waals surface area contributed by atoms with E-state index in [1.54, 1.807) is 4.57 Å². The Balaban J connectivity index is 1.18. The zero-order valence-electron chi connectivity index (χ0n) is 34.3. The quantitative estimate of drug-likeness (QED) is 0.175. The lowest BCUT2D eigenvalue weighted by atomic mass is 9.95. The third-order valence-electron chi connectivity index (χ3n) is 9.54. The van der Waals surface area contributed by atoms with Gasteiger partial charge in [0.05, 0.1) is 19.3 Å². The number of para-hydroxylation sites is 2. The molecule has 0 saturated carbocycles. The number of benzene rings is 8. The molecule has 0 unspecified atom stereocenters. The molecule has 2 aromatic heterocycles. The lowest BCUT2D eigenvalue weighted by Crippen LogP contribution is -2.00. The van der Waals surface area contributed by atoms with Crippen molar-refractivity contribution in [1.82, 2.24) is 19.5 Å². The van der Waals surface area contributed by atoms with Gasteiger partial charge in [-0.25, -0.2) is 15.0 Å². The molecule has 0 radical (unpaired) electrons. The van der Waals surface area contributed by atoms with E-state index in [9.17, 15) is 0 Å². The van der Waals surface area contributed by atoms with Crippen molar-refractivity contribution in [3.8, 4) is 62.1 Å². The summed E-state index contributed by atoms with van der Waals surface area (Å²) in [6.45, 7) is 0. The van der Waals surface area contributed by atoms with Gasteiger partial charge in [0.15, 0.2) is 17.5 Å². The van der Waals surface area contributed by atoms with Crippen molar-refractivity contribution in [2.24, 2.45) is 0 Å². The predicted octanol–water partition coefficient (Wildman–Crippen LogP) is 12.5. The fourth-order valence-corrected chi connectivity index (χ4v) is 6.98. The van der Waals surface area contributed by atoms with Crippen molar-refractivity contribution in [3.63, 3.8) is 0 Å². The van der Waals surface area contributed by atoms with Crippen molar-refractivity contribution in [1.29, 1.82) is 0 Å². The summed E-state index contributed by atoms with van der Waals surface area (Å²) in [5.74, 6) is 1.72. The average molecular weight is 683 g/mol. The SMILES string of the molecule is [2H]c1cc([2H])c2c(c1[2H])c1c([2H])c([2H])cc([2H])c1n2-c1cc(-c2ccccc2)cc(-c2ccc3ccc(-c4nc(-c5ccccc5)nc(-c5ccccc5)n4)cc3c2)c1. The Kier molecular flexibility index (Phi) is 6.04. The van der Waals surface area contributed by atoms with E-state index < -0.39 is 0 Å². The third kappa shape index (κ3) is 5.63. The highest BCUT2D eigenvalue weighted by atomic mass is 15.0. The van der Waals surface area contributed by atoms with E-state index in [2.05, 4.69) is 36.4 Å². The second kappa shape index (κ2) is 12.9. The highest BCUT2D eigenvalue weighted by molar-refractivity contribution is 6.09. The van der Waals surface area contributed by atoms with Crippen LogP contribution in [0.4, 0.5) is 0 Å². The van der Waals surface area contributed by atoms with E-state index in [4.69, 9.17) is 23.2 Å². The summed E-state index contributed by atoms with van der Waals surface area (Å²) in [6, 6.07) is 50.3. The van der Waals surface area contributed by atoms with Crippen LogP contribution in [0.1, 0.15) is 8.22 Å². The summed E-state index contributed by atoms with van der Waals surface area (Å²) < 4.78 is 54.6. The number of aromatic nitrogens is 4. The first-order valence-electron chi connectivity index (χ1n) is 20.4. The Morgan fingerprint density at radius 3 is 1.40 bits per heavy atom. The van der Waals surface area contributed by atoms with Gasteiger partial charge in [0.2, 0.25) is 0 Å². The van der Waals surface area contributed by atoms with Crippen LogP contribution in [-0.2, 0) is 0 Å². The van der Waals surface area contributed by atoms with E-state index in [0.29, 0.717) is 34.2 Å². The van der Waals surface area contributed by atoms with Gasteiger partial charge in [0.1, 0.15) is 0 Å². The highest BCUT2D eigenvalue weighted by Gasteiger charge is 2.16. The molecule has 0 saturated heterocycles. The van der Waals surface area contributed by atoms with Crippen molar-refractivity contribution >= 4 is 32.6 Å². The largest absolute Gasteiger partial charge is 0.309 e. The molecule has 10 aromatic rings. The molecule has 248 valence electrons. The molecule has 4 nitrogen and oxygen atoms in total. The first-order valence-corrected chi connectivity index (χ1v) is 17.4. The van der Waals surface area contributed by atoms with Gasteiger partial charge in [-0.05, 0) is 75.4 Å². The molecule has 0 spiro atoms. The Morgan fingerprint density at radius 2 is 0.830 bits per heavy atom. The van der Waals surface area contributed by atoms with E-state index >= 15 is 0 Å². The molecule has 4 heteroatoms. The van der Waals surface area contributed by atoms with Crippen molar-refractivity contribution in [2.45, 2.75) is 0 Å². The maximum Gasteiger partial charge on any atom is 0.164 e. The van der Waals surface area contributed by atoms with E-state index in [1.165, 1.54) is 12.1 Å². The van der Waals surface area contributed by atoms with Gasteiger partial charge in [-0.15, -0.1) is 0 Å². The molecular formula is C49H32N4. The van der Waals surface area contributed by atoms with E-state index in [1.807, 2.05) is 109 Å². The average Bonchev–Trinajstić information content (AvgIpc) is 3.66. The first kappa shape index (κ1) is 24.9. The maximum absolute atomic E-state index is 9.05. The minimum absolute atomic E-state index is 0.00314. The van der Waals surface area contributed by atoms with Crippen LogP contribution in [0, 0.1) is 0 Å². The van der Waals surface area contributed by atoms with Crippen molar-refractivity contribution < 1.29 is 8.22 Å². The van der Waals surface area contributed by atoms with Crippen LogP contribution in [0.3, 0.4) is 0 Å². The molecule has 0 fully saturated rings. The molecular weight excluding hydrogens is 645 g/mol. The normalized spacial score (nSPS) is 13.0. The number of rotatable bonds is 6. The molecule has 53 heavy (non-hydrogen) atoms. The van der Waals surface area contributed by atoms with Crippen molar-refractivity contribution in [2.75, 3.05) is 0 Å². The Hall–Kier alpha value is -7.17. The minimum Gasteiger partial charge on any atom is -0.309 e. The van der Waals surface area contributed by atoms with Gasteiger partial charge < -0.3 is 4.57 Å². The Bertz CT molecular complexity index is 3150. The summed E-state index contributed by atoms with van der Waals surface area (Å²) in [5.41, 5.74) is 7.50. The van der Waals surface area contributed by atoms with Crippen LogP contribution in [0.25, 0.3) is 94.7 Å². The fourth-order valence-electron chi connectivity index (χ4n) is 6.98. The standard InChI is InChI=1S/C49H32N4/c1-4-14-33(15-5-1)40-30-41(32-42(31-40)53-45-22-12-10-20-43(45)44-21-11-13-23-46(44)53)37-26-24-34-25-27-38(29-39(34)28-37)49-51-47(35-16-6-2-7-17-35)50-48(52-49)36-18-8-3-9-19-36/h1-32H/i10D,11D,20D,21D,22D,23D. The van der Waals surface area contributed by atoms with Crippen LogP contribution in [0.15, 0.2) is 194 Å². The number of hydrogen-bond donors (Lipinski definition) is 0. The molecule has 0 N–H and O–H groups in total. The zero-order chi connectivity index (χ0) is 40.4. The van der Waals surface area contributed by atoms with Gasteiger partial charge in [0.25, 0.3) is 0 Å². The van der Waals surface area contributed by atoms with Crippen LogP contribution < -0.4 is 0 Å². The predicted molar refractivity (Wildman–Crippen MR) is 219 cm³/mol. The van der Waals surface area contributed by atoms with Gasteiger partial charge in [-0.2, -0.15) is 0 Å². The van der Waals surface area contributed by atoms with Gasteiger partial charge in [-0.3, -0.25) is 0 Å². The lowest BCUT2D eigenvalue weighted by molar-refractivity contribution is 1.07. The summed E-state index contributed by atoms with van der Waals surface area (Å²) in [7, 11) is 0. The summed E-state index contributed by atoms with van der Waals surface area (Å²) in [6.07, 6.45) is 0. The summed E-state index contributed by atoms with van der Waals surface area (Å²) in [4.78, 5) is 14.8. The monoisotopic (exact) mass is 682 g/mol. The third-order valence-corrected chi connectivity index (χ3v) is 9.54. The molecule has 0 bridgehead atoms. The summed E-state index contributed by atoms with van der Waals surface area (Å²) >= 11 is 0. The topological polar surface area (TPSA) is 43.6 Å². The Labute approximate surface area is 315 Å². The number of nitrogens with zero attached hydrogens (tertiary/aromatic N) is 4. The smallest absolute Gasteiger partial charge is 0.164 e. The van der Waals surface area contributed by atoms with Gasteiger partial charge in [0, 0.05) is 33.2 Å². The van der Waals surface area contributed by atoms with E-state index in [0.717, 1.165) is 49.7 Å². The summed E-state index contributed by atoms with van der Waals surface area (Å²) in [5, 5.41) is 2.44.